The zero-order valence-electron chi connectivity index (χ0n) is 14.8. The van der Waals surface area contributed by atoms with E-state index in [4.69, 9.17) is 31.1 Å². The van der Waals surface area contributed by atoms with Crippen LogP contribution in [-0.4, -0.2) is 26.1 Å². The molecule has 6 heteroatoms. The van der Waals surface area contributed by atoms with Crippen LogP contribution in [0.4, 0.5) is 0 Å². The zero-order chi connectivity index (χ0) is 19.6. The summed E-state index contributed by atoms with van der Waals surface area (Å²) in [7, 11) is 1.51. The molecule has 0 N–H and O–H groups in total. The topological polar surface area (TPSA) is 68.5 Å². The number of ether oxygens (including phenoxy) is 3. The number of ketones is 1. The molecule has 0 aromatic heterocycles. The molecule has 0 aliphatic heterocycles. The number of rotatable bonds is 9. The molecule has 0 saturated heterocycles. The van der Waals surface area contributed by atoms with E-state index in [1.807, 2.05) is 6.07 Å². The SMILES string of the molecule is C=C(Cl)COc1ccc(C(=O)/C=C/c2ccc(OCC#N)c(OC)c2)cc1. The molecule has 0 aliphatic rings. The zero-order valence-corrected chi connectivity index (χ0v) is 15.5. The highest BCUT2D eigenvalue weighted by atomic mass is 35.5. The highest BCUT2D eigenvalue weighted by Gasteiger charge is 2.06. The maximum Gasteiger partial charge on any atom is 0.185 e. The fourth-order valence-corrected chi connectivity index (χ4v) is 2.22. The first-order chi connectivity index (χ1) is 13.0. The van der Waals surface area contributed by atoms with Crippen LogP contribution < -0.4 is 14.2 Å². The van der Waals surface area contributed by atoms with Crippen molar-refractivity contribution in [2.75, 3.05) is 20.3 Å². The Balaban J connectivity index is 2.05. The lowest BCUT2D eigenvalue weighted by Gasteiger charge is -2.08. The van der Waals surface area contributed by atoms with Crippen LogP contribution in [0.15, 0.2) is 60.2 Å². The Morgan fingerprint density at radius 1 is 1.19 bits per heavy atom. The average Bonchev–Trinajstić information content (AvgIpc) is 2.69. The van der Waals surface area contributed by atoms with Gasteiger partial charge in [-0.1, -0.05) is 30.3 Å². The Morgan fingerprint density at radius 2 is 1.93 bits per heavy atom. The lowest BCUT2D eigenvalue weighted by Crippen LogP contribution is -1.98. The lowest BCUT2D eigenvalue weighted by atomic mass is 10.1. The molecule has 0 spiro atoms. The minimum Gasteiger partial charge on any atom is -0.493 e. The summed E-state index contributed by atoms with van der Waals surface area (Å²) < 4.78 is 15.9. The van der Waals surface area contributed by atoms with Gasteiger partial charge < -0.3 is 14.2 Å². The monoisotopic (exact) mass is 383 g/mol. The first kappa shape index (κ1) is 20.1. The third-order valence-electron chi connectivity index (χ3n) is 3.44. The van der Waals surface area contributed by atoms with Gasteiger partial charge in [-0.05, 0) is 48.0 Å². The van der Waals surface area contributed by atoms with E-state index >= 15 is 0 Å². The molecule has 0 bridgehead atoms. The van der Waals surface area contributed by atoms with Crippen molar-refractivity contribution < 1.29 is 19.0 Å². The maximum atomic E-state index is 12.3. The van der Waals surface area contributed by atoms with Crippen molar-refractivity contribution in [1.29, 1.82) is 5.26 Å². The number of nitrogens with zero attached hydrogens (tertiary/aromatic N) is 1. The Kier molecular flexibility index (Phi) is 7.48. The molecule has 0 amide bonds. The Morgan fingerprint density at radius 3 is 2.56 bits per heavy atom. The molecule has 2 aromatic rings. The van der Waals surface area contributed by atoms with Crippen molar-refractivity contribution in [2.45, 2.75) is 0 Å². The van der Waals surface area contributed by atoms with Crippen LogP contribution in [0.25, 0.3) is 6.08 Å². The summed E-state index contributed by atoms with van der Waals surface area (Å²) in [6.07, 6.45) is 3.15. The van der Waals surface area contributed by atoms with Crippen molar-refractivity contribution in [1.82, 2.24) is 0 Å². The van der Waals surface area contributed by atoms with Gasteiger partial charge in [-0.3, -0.25) is 4.79 Å². The Hall–Kier alpha value is -3.23. The van der Waals surface area contributed by atoms with Crippen molar-refractivity contribution in [3.05, 3.63) is 71.3 Å². The highest BCUT2D eigenvalue weighted by molar-refractivity contribution is 6.29. The summed E-state index contributed by atoms with van der Waals surface area (Å²) in [6.45, 7) is 3.69. The minimum atomic E-state index is -0.146. The van der Waals surface area contributed by atoms with Crippen LogP contribution in [0.3, 0.4) is 0 Å². The van der Waals surface area contributed by atoms with E-state index in [1.54, 1.807) is 48.5 Å². The molecule has 138 valence electrons. The van der Waals surface area contributed by atoms with Gasteiger partial charge in [-0.25, -0.2) is 0 Å². The molecule has 27 heavy (non-hydrogen) atoms. The molecule has 2 rings (SSSR count). The van der Waals surface area contributed by atoms with Gasteiger partial charge in [0.1, 0.15) is 18.4 Å². The second kappa shape index (κ2) is 10.0. The van der Waals surface area contributed by atoms with Crippen molar-refractivity contribution in [3.8, 4) is 23.3 Å². The third-order valence-corrected chi connectivity index (χ3v) is 3.55. The number of allylic oxidation sites excluding steroid dienone is 1. The Labute approximate surface area is 163 Å². The van der Waals surface area contributed by atoms with Gasteiger partial charge in [0.05, 0.1) is 7.11 Å². The molecule has 0 heterocycles. The molecular weight excluding hydrogens is 366 g/mol. The van der Waals surface area contributed by atoms with Gasteiger partial charge in [0.15, 0.2) is 23.9 Å². The maximum absolute atomic E-state index is 12.3. The fourth-order valence-electron chi connectivity index (χ4n) is 2.16. The summed E-state index contributed by atoms with van der Waals surface area (Å²) >= 11 is 5.65. The summed E-state index contributed by atoms with van der Waals surface area (Å²) in [5.41, 5.74) is 1.30. The molecule has 2 aromatic carbocycles. The standard InChI is InChI=1S/C21H18ClNO4/c1-15(22)14-27-18-7-5-17(6-8-18)19(24)9-3-16-4-10-20(26-12-11-23)21(13-16)25-2/h3-10,13H,1,12,14H2,2H3/b9-3+. The number of hydrogen-bond acceptors (Lipinski definition) is 5. The van der Waals surface area contributed by atoms with Gasteiger partial charge in [0, 0.05) is 10.6 Å². The smallest absolute Gasteiger partial charge is 0.185 e. The number of carbonyl (C=O) groups excluding carboxylic acids is 1. The normalized spacial score (nSPS) is 10.3. The van der Waals surface area contributed by atoms with Crippen molar-refractivity contribution >= 4 is 23.5 Å². The Bertz CT molecular complexity index is 882. The van der Waals surface area contributed by atoms with E-state index < -0.39 is 0 Å². The summed E-state index contributed by atoms with van der Waals surface area (Å²) in [5.74, 6) is 1.42. The summed E-state index contributed by atoms with van der Waals surface area (Å²) in [4.78, 5) is 12.3. The number of benzene rings is 2. The number of nitriles is 1. The highest BCUT2D eigenvalue weighted by Crippen LogP contribution is 2.28. The minimum absolute atomic E-state index is 0.0667. The molecule has 0 aliphatic carbocycles. The van der Waals surface area contributed by atoms with Crippen LogP contribution in [0.5, 0.6) is 17.2 Å². The van der Waals surface area contributed by atoms with Crippen molar-refractivity contribution in [3.63, 3.8) is 0 Å². The first-order valence-corrected chi connectivity index (χ1v) is 8.37. The second-order valence-electron chi connectivity index (χ2n) is 5.38. The van der Waals surface area contributed by atoms with Gasteiger partial charge in [0.2, 0.25) is 0 Å². The largest absolute Gasteiger partial charge is 0.493 e. The molecule has 0 fully saturated rings. The van der Waals surface area contributed by atoms with E-state index in [1.165, 1.54) is 13.2 Å². The average molecular weight is 384 g/mol. The number of hydrogen-bond donors (Lipinski definition) is 0. The fraction of sp³-hybridized carbons (Fsp3) is 0.143. The summed E-state index contributed by atoms with van der Waals surface area (Å²) in [5, 5.41) is 8.99. The molecule has 0 radical (unpaired) electrons. The second-order valence-corrected chi connectivity index (χ2v) is 5.92. The number of carbonyl (C=O) groups is 1. The summed E-state index contributed by atoms with van der Waals surface area (Å²) in [6, 6.07) is 13.9. The van der Waals surface area contributed by atoms with E-state index in [0.29, 0.717) is 27.8 Å². The van der Waals surface area contributed by atoms with E-state index in [0.717, 1.165) is 5.56 Å². The van der Waals surface area contributed by atoms with E-state index in [2.05, 4.69) is 6.58 Å². The molecule has 0 saturated carbocycles. The van der Waals surface area contributed by atoms with Gasteiger partial charge in [-0.15, -0.1) is 0 Å². The van der Waals surface area contributed by atoms with E-state index in [9.17, 15) is 4.79 Å². The van der Waals surface area contributed by atoms with Crippen LogP contribution in [-0.2, 0) is 0 Å². The first-order valence-electron chi connectivity index (χ1n) is 8.00. The number of methoxy groups -OCH3 is 1. The van der Waals surface area contributed by atoms with Crippen LogP contribution in [0, 0.1) is 11.3 Å². The quantitative estimate of drug-likeness (QED) is 0.466. The number of halogens is 1. The molecule has 0 atom stereocenters. The van der Waals surface area contributed by atoms with Crippen LogP contribution in [0.1, 0.15) is 15.9 Å². The molecule has 0 unspecified atom stereocenters. The molecule has 5 nitrogen and oxygen atoms in total. The van der Waals surface area contributed by atoms with Gasteiger partial charge >= 0.3 is 0 Å². The van der Waals surface area contributed by atoms with Crippen LogP contribution in [0.2, 0.25) is 0 Å². The lowest BCUT2D eigenvalue weighted by molar-refractivity contribution is 0.104. The van der Waals surface area contributed by atoms with Gasteiger partial charge in [0.25, 0.3) is 0 Å². The third kappa shape index (κ3) is 6.21. The van der Waals surface area contributed by atoms with Gasteiger partial charge in [-0.2, -0.15) is 5.26 Å². The van der Waals surface area contributed by atoms with Crippen molar-refractivity contribution in [2.24, 2.45) is 0 Å². The predicted molar refractivity (Wildman–Crippen MR) is 104 cm³/mol. The van der Waals surface area contributed by atoms with E-state index in [-0.39, 0.29) is 19.0 Å². The van der Waals surface area contributed by atoms with Crippen LogP contribution >= 0.6 is 11.6 Å². The predicted octanol–water partition coefficient (Wildman–Crippen LogP) is 4.62. The molecular formula is C21H18ClNO4.